The zero-order chi connectivity index (χ0) is 25.1. The van der Waals surface area contributed by atoms with Crippen molar-refractivity contribution in [2.24, 2.45) is 0 Å². The average Bonchev–Trinajstić information content (AvgIpc) is 2.74. The second-order valence-electron chi connectivity index (χ2n) is 8.13. The number of halogens is 7. The number of benzene rings is 1. The van der Waals surface area contributed by atoms with Gasteiger partial charge in [-0.3, -0.25) is 0 Å². The second-order valence-corrected chi connectivity index (χ2v) is 8.13. The zero-order valence-corrected chi connectivity index (χ0v) is 18.8. The number of urea groups is 1. The molecule has 10 heteroatoms. The largest absolute Gasteiger partial charge is 0.416 e. The number of nitrogens with zero attached hydrogens (tertiary/aromatic N) is 2. The van der Waals surface area contributed by atoms with Gasteiger partial charge in [0.2, 0.25) is 0 Å². The molecular formula is C23H27F7N2O. The normalized spacial score (nSPS) is 16.6. The van der Waals surface area contributed by atoms with Crippen LogP contribution in [0.2, 0.25) is 0 Å². The molecule has 0 N–H and O–H groups in total. The van der Waals surface area contributed by atoms with Crippen LogP contribution in [0.1, 0.15) is 62.8 Å². The van der Waals surface area contributed by atoms with Gasteiger partial charge in [-0.25, -0.2) is 9.18 Å². The first-order valence-electron chi connectivity index (χ1n) is 10.5. The lowest BCUT2D eigenvalue weighted by Crippen LogP contribution is -2.47. The summed E-state index contributed by atoms with van der Waals surface area (Å²) in [6, 6.07) is -0.693. The first-order chi connectivity index (χ1) is 15.2. The first kappa shape index (κ1) is 26.7. The predicted octanol–water partition coefficient (Wildman–Crippen LogP) is 7.51. The Balaban J connectivity index is 2.38. The summed E-state index contributed by atoms with van der Waals surface area (Å²) in [7, 11) is 1.34. The molecule has 0 radical (unpaired) electrons. The van der Waals surface area contributed by atoms with Gasteiger partial charge in [0.25, 0.3) is 0 Å². The SMILES string of the molecule is CCCN(C(=O)N(C)C(C)c1cc(C(F)(F)F)cc(C(F)(F)F)c1)C(C)C1=CC=C(F)CC1. The van der Waals surface area contributed by atoms with Crippen molar-refractivity contribution in [3.05, 3.63) is 58.4 Å². The summed E-state index contributed by atoms with van der Waals surface area (Å²) in [4.78, 5) is 15.9. The fourth-order valence-corrected chi connectivity index (χ4v) is 3.68. The van der Waals surface area contributed by atoms with E-state index in [1.54, 1.807) is 13.0 Å². The Morgan fingerprint density at radius 3 is 1.91 bits per heavy atom. The van der Waals surface area contributed by atoms with Crippen LogP contribution in [0.5, 0.6) is 0 Å². The zero-order valence-electron chi connectivity index (χ0n) is 18.8. The Kier molecular flexibility index (Phi) is 8.24. The van der Waals surface area contributed by atoms with Crippen molar-refractivity contribution in [3.8, 4) is 0 Å². The molecule has 1 aromatic carbocycles. The first-order valence-corrected chi connectivity index (χ1v) is 10.5. The van der Waals surface area contributed by atoms with E-state index in [9.17, 15) is 35.5 Å². The monoisotopic (exact) mass is 480 g/mol. The van der Waals surface area contributed by atoms with E-state index in [2.05, 4.69) is 0 Å². The third-order valence-electron chi connectivity index (χ3n) is 5.82. The van der Waals surface area contributed by atoms with Crippen LogP contribution < -0.4 is 0 Å². The molecule has 33 heavy (non-hydrogen) atoms. The van der Waals surface area contributed by atoms with Crippen LogP contribution in [0.4, 0.5) is 35.5 Å². The fourth-order valence-electron chi connectivity index (χ4n) is 3.68. The molecule has 1 aliphatic rings. The Labute approximate surface area is 188 Å². The maximum atomic E-state index is 13.4. The number of alkyl halides is 6. The minimum atomic E-state index is -4.97. The molecule has 0 bridgehead atoms. The van der Waals surface area contributed by atoms with Crippen LogP contribution in [0.25, 0.3) is 0 Å². The summed E-state index contributed by atoms with van der Waals surface area (Å²) in [5.41, 5.74) is -2.32. The van der Waals surface area contributed by atoms with Crippen molar-refractivity contribution in [3.63, 3.8) is 0 Å². The lowest BCUT2D eigenvalue weighted by Gasteiger charge is -2.37. The Morgan fingerprint density at radius 2 is 1.48 bits per heavy atom. The average molecular weight is 480 g/mol. The maximum Gasteiger partial charge on any atom is 0.416 e. The topological polar surface area (TPSA) is 23.6 Å². The van der Waals surface area contributed by atoms with E-state index >= 15 is 0 Å². The number of carbonyl (C=O) groups is 1. The third kappa shape index (κ3) is 6.51. The Bertz CT molecular complexity index is 886. The van der Waals surface area contributed by atoms with Gasteiger partial charge in [-0.2, -0.15) is 26.3 Å². The summed E-state index contributed by atoms with van der Waals surface area (Å²) >= 11 is 0. The summed E-state index contributed by atoms with van der Waals surface area (Å²) in [6.07, 6.45) is -5.81. The highest BCUT2D eigenvalue weighted by atomic mass is 19.4. The summed E-state index contributed by atoms with van der Waals surface area (Å²) < 4.78 is 92.8. The standard InChI is InChI=1S/C23H27F7N2O/c1-5-10-32(15(3)16-6-8-20(24)9-7-16)21(33)31(4)14(2)17-11-18(22(25,26)27)13-19(12-17)23(28,29)30/h6,8,11-15H,5,7,9-10H2,1-4H3. The third-order valence-corrected chi connectivity index (χ3v) is 5.82. The van der Waals surface area contributed by atoms with Gasteiger partial charge < -0.3 is 9.80 Å². The highest BCUT2D eigenvalue weighted by Crippen LogP contribution is 2.38. The van der Waals surface area contributed by atoms with E-state index in [1.807, 2.05) is 6.92 Å². The van der Waals surface area contributed by atoms with Crippen molar-refractivity contribution in [2.75, 3.05) is 13.6 Å². The molecule has 0 aliphatic heterocycles. The molecule has 184 valence electrons. The van der Waals surface area contributed by atoms with Crippen LogP contribution in [0.15, 0.2) is 41.8 Å². The van der Waals surface area contributed by atoms with Gasteiger partial charge in [0.1, 0.15) is 5.83 Å². The molecule has 2 atom stereocenters. The smallest absolute Gasteiger partial charge is 0.321 e. The van der Waals surface area contributed by atoms with Crippen molar-refractivity contribution in [1.29, 1.82) is 0 Å². The van der Waals surface area contributed by atoms with Crippen LogP contribution in [0.3, 0.4) is 0 Å². The molecule has 1 aliphatic carbocycles. The van der Waals surface area contributed by atoms with Gasteiger partial charge in [0.05, 0.1) is 23.2 Å². The molecule has 0 saturated carbocycles. The second kappa shape index (κ2) is 10.2. The molecule has 2 amide bonds. The molecule has 0 saturated heterocycles. The van der Waals surface area contributed by atoms with Gasteiger partial charge in [-0.15, -0.1) is 0 Å². The molecule has 0 aromatic heterocycles. The highest BCUT2D eigenvalue weighted by Gasteiger charge is 2.38. The summed E-state index contributed by atoms with van der Waals surface area (Å²) in [5, 5.41) is 0. The lowest BCUT2D eigenvalue weighted by molar-refractivity contribution is -0.143. The Morgan fingerprint density at radius 1 is 0.939 bits per heavy atom. The van der Waals surface area contributed by atoms with Crippen LogP contribution in [-0.4, -0.2) is 35.5 Å². The fraction of sp³-hybridized carbons (Fsp3) is 0.522. The van der Waals surface area contributed by atoms with Crippen molar-refractivity contribution < 1.29 is 35.5 Å². The minimum Gasteiger partial charge on any atom is -0.321 e. The summed E-state index contributed by atoms with van der Waals surface area (Å²) in [5.74, 6) is -0.268. The van der Waals surface area contributed by atoms with Crippen LogP contribution in [-0.2, 0) is 12.4 Å². The number of amides is 2. The van der Waals surface area contributed by atoms with E-state index in [0.29, 0.717) is 31.5 Å². The summed E-state index contributed by atoms with van der Waals surface area (Å²) in [6.45, 7) is 5.30. The van der Waals surface area contributed by atoms with E-state index in [-0.39, 0.29) is 23.9 Å². The van der Waals surface area contributed by atoms with Gasteiger partial charge >= 0.3 is 18.4 Å². The molecule has 2 rings (SSSR count). The molecule has 0 heterocycles. The molecule has 1 aromatic rings. The van der Waals surface area contributed by atoms with E-state index in [1.165, 1.54) is 24.9 Å². The van der Waals surface area contributed by atoms with Gasteiger partial charge in [-0.05, 0) is 62.1 Å². The minimum absolute atomic E-state index is 0.0612. The Hall–Kier alpha value is -2.52. The number of rotatable bonds is 6. The molecular weight excluding hydrogens is 453 g/mol. The van der Waals surface area contributed by atoms with E-state index < -0.39 is 41.6 Å². The quantitative estimate of drug-likeness (QED) is 0.387. The number of hydrogen-bond acceptors (Lipinski definition) is 1. The van der Waals surface area contributed by atoms with Crippen LogP contribution >= 0.6 is 0 Å². The molecule has 2 unspecified atom stereocenters. The van der Waals surface area contributed by atoms with Gasteiger partial charge in [-0.1, -0.05) is 13.0 Å². The van der Waals surface area contributed by atoms with Crippen molar-refractivity contribution in [2.45, 2.75) is 64.5 Å². The van der Waals surface area contributed by atoms with Gasteiger partial charge in [0.15, 0.2) is 0 Å². The number of allylic oxidation sites excluding steroid dienone is 3. The highest BCUT2D eigenvalue weighted by molar-refractivity contribution is 5.75. The molecule has 3 nitrogen and oxygen atoms in total. The van der Waals surface area contributed by atoms with E-state index in [4.69, 9.17) is 0 Å². The number of carbonyl (C=O) groups excluding carboxylic acids is 1. The molecule has 0 fully saturated rings. The number of hydrogen-bond donors (Lipinski definition) is 0. The van der Waals surface area contributed by atoms with Crippen molar-refractivity contribution in [1.82, 2.24) is 9.80 Å². The maximum absolute atomic E-state index is 13.4. The molecule has 0 spiro atoms. The van der Waals surface area contributed by atoms with Crippen LogP contribution in [0, 0.1) is 0 Å². The van der Waals surface area contributed by atoms with Crippen molar-refractivity contribution >= 4 is 6.03 Å². The van der Waals surface area contributed by atoms with Gasteiger partial charge in [0, 0.05) is 20.0 Å². The predicted molar refractivity (Wildman–Crippen MR) is 111 cm³/mol. The van der Waals surface area contributed by atoms with E-state index in [0.717, 1.165) is 10.5 Å². The lowest BCUT2D eigenvalue weighted by atomic mass is 9.97.